The summed E-state index contributed by atoms with van der Waals surface area (Å²) in [7, 11) is 3.27. The normalized spacial score (nSPS) is 14.6. The van der Waals surface area contributed by atoms with Crippen LogP contribution in [0.25, 0.3) is 10.8 Å². The molecular formula is C24H20N2O4. The number of ether oxygens (including phenoxy) is 3. The summed E-state index contributed by atoms with van der Waals surface area (Å²) in [4.78, 5) is 20.3. The Morgan fingerprint density at radius 1 is 0.933 bits per heavy atom. The highest BCUT2D eigenvalue weighted by Gasteiger charge is 2.34. The summed E-state index contributed by atoms with van der Waals surface area (Å²) in [6, 6.07) is 17.6. The fraction of sp³-hybridized carbons (Fsp3) is 0.167. The van der Waals surface area contributed by atoms with Gasteiger partial charge in [0.15, 0.2) is 0 Å². The van der Waals surface area contributed by atoms with E-state index in [9.17, 15) is 4.79 Å². The molecule has 1 N–H and O–H groups in total. The molecule has 0 saturated carbocycles. The molecule has 3 aromatic carbocycles. The monoisotopic (exact) mass is 400 g/mol. The van der Waals surface area contributed by atoms with Crippen molar-refractivity contribution >= 4 is 10.8 Å². The molecule has 1 aliphatic heterocycles. The summed E-state index contributed by atoms with van der Waals surface area (Å²) in [6.07, 6.45) is 0. The predicted molar refractivity (Wildman–Crippen MR) is 114 cm³/mol. The molecule has 0 amide bonds. The van der Waals surface area contributed by atoms with Crippen LogP contribution < -0.4 is 19.8 Å². The number of rotatable bonds is 3. The third-order valence-corrected chi connectivity index (χ3v) is 5.50. The van der Waals surface area contributed by atoms with Gasteiger partial charge in [-0.2, -0.15) is 4.98 Å². The van der Waals surface area contributed by atoms with Crippen molar-refractivity contribution in [1.29, 1.82) is 0 Å². The van der Waals surface area contributed by atoms with E-state index in [1.54, 1.807) is 21.1 Å². The standard InChI is InChI=1S/C24H20N2O4/c1-13-25-23(27)22-20(15-5-8-16(28-2)9-6-15)21-18-12-17(29-3)10-4-14(18)7-11-19(21)30-24(22)26-13/h4-12,20H,1-3H3,(H,25,26,27). The molecule has 0 fully saturated rings. The SMILES string of the molecule is COc1ccc(C2c3c(nc(C)[nH]c3=O)Oc3ccc4ccc(OC)cc4c32)cc1. The Hall–Kier alpha value is -3.80. The molecule has 0 radical (unpaired) electrons. The largest absolute Gasteiger partial charge is 0.497 e. The summed E-state index contributed by atoms with van der Waals surface area (Å²) < 4.78 is 16.9. The molecule has 5 rings (SSSR count). The highest BCUT2D eigenvalue weighted by atomic mass is 16.5. The Balaban J connectivity index is 1.85. The zero-order valence-electron chi connectivity index (χ0n) is 16.9. The molecule has 1 aliphatic rings. The van der Waals surface area contributed by atoms with Crippen LogP contribution in [0.3, 0.4) is 0 Å². The quantitative estimate of drug-likeness (QED) is 0.482. The molecule has 1 atom stereocenters. The maximum absolute atomic E-state index is 13.0. The lowest BCUT2D eigenvalue weighted by Gasteiger charge is -2.28. The van der Waals surface area contributed by atoms with Crippen LogP contribution in [-0.4, -0.2) is 24.2 Å². The van der Waals surface area contributed by atoms with E-state index in [2.05, 4.69) is 9.97 Å². The Morgan fingerprint density at radius 2 is 1.63 bits per heavy atom. The van der Waals surface area contributed by atoms with Crippen LogP contribution in [0, 0.1) is 6.92 Å². The van der Waals surface area contributed by atoms with Crippen LogP contribution in [-0.2, 0) is 0 Å². The molecular weight excluding hydrogens is 380 g/mol. The van der Waals surface area contributed by atoms with Crippen LogP contribution >= 0.6 is 0 Å². The molecule has 0 spiro atoms. The van der Waals surface area contributed by atoms with Crippen LogP contribution in [0.5, 0.6) is 23.1 Å². The third kappa shape index (κ3) is 2.80. The summed E-state index contributed by atoms with van der Waals surface area (Å²) >= 11 is 0. The molecule has 6 nitrogen and oxygen atoms in total. The van der Waals surface area contributed by atoms with Gasteiger partial charge in [0.2, 0.25) is 5.88 Å². The van der Waals surface area contributed by atoms with Crippen molar-refractivity contribution < 1.29 is 14.2 Å². The number of hydrogen-bond donors (Lipinski definition) is 1. The van der Waals surface area contributed by atoms with E-state index in [-0.39, 0.29) is 11.5 Å². The first-order valence-corrected chi connectivity index (χ1v) is 9.62. The maximum Gasteiger partial charge on any atom is 0.258 e. The van der Waals surface area contributed by atoms with Crippen LogP contribution in [0.1, 0.15) is 28.4 Å². The van der Waals surface area contributed by atoms with E-state index in [1.165, 1.54) is 0 Å². The van der Waals surface area contributed by atoms with Gasteiger partial charge >= 0.3 is 0 Å². The number of H-pyrrole nitrogens is 1. The smallest absolute Gasteiger partial charge is 0.258 e. The number of aromatic nitrogens is 2. The minimum Gasteiger partial charge on any atom is -0.497 e. The number of hydrogen-bond acceptors (Lipinski definition) is 5. The average molecular weight is 400 g/mol. The Kier molecular flexibility index (Phi) is 4.20. The summed E-state index contributed by atoms with van der Waals surface area (Å²) in [6.45, 7) is 1.74. The Bertz CT molecular complexity index is 1330. The maximum atomic E-state index is 13.0. The minimum absolute atomic E-state index is 0.205. The Morgan fingerprint density at radius 3 is 2.37 bits per heavy atom. The highest BCUT2D eigenvalue weighted by molar-refractivity contribution is 5.91. The van der Waals surface area contributed by atoms with Gasteiger partial charge in [-0.15, -0.1) is 0 Å². The fourth-order valence-corrected chi connectivity index (χ4v) is 4.10. The molecule has 6 heteroatoms. The second kappa shape index (κ2) is 6.91. The second-order valence-electron chi connectivity index (χ2n) is 7.24. The van der Waals surface area contributed by atoms with Crippen LogP contribution in [0.15, 0.2) is 59.4 Å². The van der Waals surface area contributed by atoms with Crippen molar-refractivity contribution in [2.24, 2.45) is 0 Å². The first-order valence-electron chi connectivity index (χ1n) is 9.62. The van der Waals surface area contributed by atoms with Gasteiger partial charge < -0.3 is 19.2 Å². The molecule has 4 aromatic rings. The van der Waals surface area contributed by atoms with Crippen molar-refractivity contribution in [3.8, 4) is 23.1 Å². The van der Waals surface area contributed by atoms with E-state index < -0.39 is 0 Å². The van der Waals surface area contributed by atoms with Gasteiger partial charge in [0, 0.05) is 11.5 Å². The fourth-order valence-electron chi connectivity index (χ4n) is 4.10. The van der Waals surface area contributed by atoms with Crippen molar-refractivity contribution in [2.45, 2.75) is 12.8 Å². The van der Waals surface area contributed by atoms with E-state index >= 15 is 0 Å². The molecule has 1 aromatic heterocycles. The van der Waals surface area contributed by atoms with Crippen LogP contribution in [0.2, 0.25) is 0 Å². The van der Waals surface area contributed by atoms with Gasteiger partial charge in [-0.25, -0.2) is 0 Å². The van der Waals surface area contributed by atoms with Gasteiger partial charge in [0.05, 0.1) is 19.8 Å². The van der Waals surface area contributed by atoms with Gasteiger partial charge in [-0.3, -0.25) is 4.79 Å². The zero-order valence-corrected chi connectivity index (χ0v) is 16.9. The van der Waals surface area contributed by atoms with Gasteiger partial charge in [-0.1, -0.05) is 24.3 Å². The van der Waals surface area contributed by atoms with E-state index in [0.717, 1.165) is 33.4 Å². The molecule has 30 heavy (non-hydrogen) atoms. The highest BCUT2D eigenvalue weighted by Crippen LogP contribution is 2.48. The summed E-state index contributed by atoms with van der Waals surface area (Å²) in [5, 5.41) is 2.01. The van der Waals surface area contributed by atoms with Crippen molar-refractivity contribution in [1.82, 2.24) is 9.97 Å². The lowest BCUT2D eigenvalue weighted by Crippen LogP contribution is -2.25. The van der Waals surface area contributed by atoms with Crippen LogP contribution in [0.4, 0.5) is 0 Å². The van der Waals surface area contributed by atoms with E-state index in [4.69, 9.17) is 14.2 Å². The first-order chi connectivity index (χ1) is 14.6. The van der Waals surface area contributed by atoms with Gasteiger partial charge in [0.25, 0.3) is 5.56 Å². The predicted octanol–water partition coefficient (Wildman–Crippen LogP) is 4.53. The lowest BCUT2D eigenvalue weighted by atomic mass is 9.81. The molecule has 0 saturated heterocycles. The van der Waals surface area contributed by atoms with Gasteiger partial charge in [-0.05, 0) is 53.6 Å². The van der Waals surface area contributed by atoms with Gasteiger partial charge in [0.1, 0.15) is 23.1 Å². The zero-order chi connectivity index (χ0) is 20.8. The number of methoxy groups -OCH3 is 2. The lowest BCUT2D eigenvalue weighted by molar-refractivity contribution is 0.414. The average Bonchev–Trinajstić information content (AvgIpc) is 2.77. The number of fused-ring (bicyclic) bond motifs is 4. The molecule has 0 bridgehead atoms. The molecule has 0 aliphatic carbocycles. The number of aryl methyl sites for hydroxylation is 1. The van der Waals surface area contributed by atoms with E-state index in [0.29, 0.717) is 23.0 Å². The van der Waals surface area contributed by atoms with Crippen molar-refractivity contribution in [2.75, 3.05) is 14.2 Å². The Labute approximate surface area is 173 Å². The minimum atomic E-state index is -0.345. The molecule has 1 unspecified atom stereocenters. The molecule has 2 heterocycles. The number of nitrogens with one attached hydrogen (secondary N) is 1. The summed E-state index contributed by atoms with van der Waals surface area (Å²) in [5.41, 5.74) is 2.16. The summed E-state index contributed by atoms with van der Waals surface area (Å²) in [5.74, 6) is 2.68. The first kappa shape index (κ1) is 18.2. The van der Waals surface area contributed by atoms with Crippen molar-refractivity contribution in [3.05, 3.63) is 87.5 Å². The third-order valence-electron chi connectivity index (χ3n) is 5.50. The van der Waals surface area contributed by atoms with Crippen molar-refractivity contribution in [3.63, 3.8) is 0 Å². The molecule has 150 valence electrons. The van der Waals surface area contributed by atoms with E-state index in [1.807, 2.05) is 54.6 Å². The number of nitrogens with zero attached hydrogens (tertiary/aromatic N) is 1. The number of aromatic amines is 1. The topological polar surface area (TPSA) is 73.4 Å². The number of benzene rings is 3. The second-order valence-corrected chi connectivity index (χ2v) is 7.24.